The summed E-state index contributed by atoms with van der Waals surface area (Å²) in [6, 6.07) is 13.2. The van der Waals surface area contributed by atoms with Gasteiger partial charge in [0.05, 0.1) is 18.6 Å². The minimum absolute atomic E-state index is 0.189. The van der Waals surface area contributed by atoms with Crippen molar-refractivity contribution in [3.8, 4) is 17.2 Å². The second kappa shape index (κ2) is 10.8. The topological polar surface area (TPSA) is 94.2 Å². The molecule has 2 aromatic rings. The first-order valence-corrected chi connectivity index (χ1v) is 11.0. The van der Waals surface area contributed by atoms with Crippen LogP contribution in [0.4, 0.5) is 0 Å². The van der Waals surface area contributed by atoms with Crippen LogP contribution < -0.4 is 19.5 Å². The minimum atomic E-state index is -3.47. The molecule has 9 heteroatoms. The predicted molar refractivity (Wildman–Crippen MR) is 114 cm³/mol. The van der Waals surface area contributed by atoms with Gasteiger partial charge < -0.3 is 19.5 Å². The molecule has 1 amide bonds. The van der Waals surface area contributed by atoms with Crippen molar-refractivity contribution in [2.24, 2.45) is 0 Å². The Balaban J connectivity index is 1.80. The molecule has 0 saturated carbocycles. The van der Waals surface area contributed by atoms with Gasteiger partial charge in [-0.25, -0.2) is 12.7 Å². The Hall–Kier alpha value is -2.78. The molecule has 0 spiro atoms. The first-order chi connectivity index (χ1) is 14.3. The van der Waals surface area contributed by atoms with E-state index in [1.165, 1.54) is 26.2 Å². The Morgan fingerprint density at radius 1 is 1.00 bits per heavy atom. The standard InChI is InChI=1S/C21H28N2O6S/c1-5-20(29-18-8-6-16(27-4)7-9-18)21(24)22-14-15-28-17-10-12-19(13-11-17)30(25,26)23(2)3/h6-13,20H,5,14-15H2,1-4H3,(H,22,24)/t20-/m0/s1. The number of benzene rings is 2. The molecule has 1 N–H and O–H groups in total. The molecule has 0 heterocycles. The van der Waals surface area contributed by atoms with Crippen molar-refractivity contribution in [2.45, 2.75) is 24.3 Å². The summed E-state index contributed by atoms with van der Waals surface area (Å²) in [6.07, 6.45) is -0.102. The van der Waals surface area contributed by atoms with E-state index in [4.69, 9.17) is 14.2 Å². The largest absolute Gasteiger partial charge is 0.497 e. The fraction of sp³-hybridized carbons (Fsp3) is 0.381. The number of methoxy groups -OCH3 is 1. The number of carbonyl (C=O) groups excluding carboxylic acids is 1. The Bertz CT molecular complexity index is 912. The van der Waals surface area contributed by atoms with Crippen molar-refractivity contribution >= 4 is 15.9 Å². The Labute approximate surface area is 177 Å². The zero-order valence-electron chi connectivity index (χ0n) is 17.6. The predicted octanol–water partition coefficient (Wildman–Crippen LogP) is 2.30. The van der Waals surface area contributed by atoms with Crippen molar-refractivity contribution in [2.75, 3.05) is 34.4 Å². The number of carbonyl (C=O) groups is 1. The number of hydrogen-bond donors (Lipinski definition) is 1. The third-order valence-corrected chi connectivity index (χ3v) is 6.10. The van der Waals surface area contributed by atoms with Crippen LogP contribution in [0.2, 0.25) is 0 Å². The van der Waals surface area contributed by atoms with Crippen LogP contribution >= 0.6 is 0 Å². The Kier molecular flexibility index (Phi) is 8.49. The van der Waals surface area contributed by atoms with E-state index in [9.17, 15) is 13.2 Å². The van der Waals surface area contributed by atoms with Crippen molar-refractivity contribution in [1.29, 1.82) is 0 Å². The highest BCUT2D eigenvalue weighted by Crippen LogP contribution is 2.19. The lowest BCUT2D eigenvalue weighted by atomic mass is 10.2. The van der Waals surface area contributed by atoms with Crippen LogP contribution in [0.5, 0.6) is 17.2 Å². The van der Waals surface area contributed by atoms with E-state index in [2.05, 4.69) is 5.32 Å². The van der Waals surface area contributed by atoms with Crippen LogP contribution in [0.15, 0.2) is 53.4 Å². The molecule has 8 nitrogen and oxygen atoms in total. The lowest BCUT2D eigenvalue weighted by Crippen LogP contribution is -2.39. The maximum absolute atomic E-state index is 12.3. The average molecular weight is 437 g/mol. The normalized spacial score (nSPS) is 12.3. The van der Waals surface area contributed by atoms with E-state index >= 15 is 0 Å². The molecule has 1 atom stereocenters. The molecule has 0 radical (unpaired) electrons. The summed E-state index contributed by atoms with van der Waals surface area (Å²) >= 11 is 0. The zero-order valence-corrected chi connectivity index (χ0v) is 18.4. The summed E-state index contributed by atoms with van der Waals surface area (Å²) in [6.45, 7) is 2.40. The number of amides is 1. The van der Waals surface area contributed by atoms with E-state index in [1.807, 2.05) is 6.92 Å². The molecule has 2 aromatic carbocycles. The fourth-order valence-corrected chi connectivity index (χ4v) is 3.42. The summed E-state index contributed by atoms with van der Waals surface area (Å²) in [7, 11) is 1.06. The second-order valence-electron chi connectivity index (χ2n) is 6.59. The monoisotopic (exact) mass is 436 g/mol. The van der Waals surface area contributed by atoms with Crippen molar-refractivity contribution in [3.05, 3.63) is 48.5 Å². The van der Waals surface area contributed by atoms with Gasteiger partial charge in [-0.1, -0.05) is 6.92 Å². The molecular formula is C21H28N2O6S. The lowest BCUT2D eigenvalue weighted by molar-refractivity contribution is -0.128. The van der Waals surface area contributed by atoms with Gasteiger partial charge in [0, 0.05) is 14.1 Å². The van der Waals surface area contributed by atoms with Gasteiger partial charge in [-0.2, -0.15) is 0 Å². The van der Waals surface area contributed by atoms with E-state index in [-0.39, 0.29) is 17.4 Å². The lowest BCUT2D eigenvalue weighted by Gasteiger charge is -2.17. The second-order valence-corrected chi connectivity index (χ2v) is 8.74. The highest BCUT2D eigenvalue weighted by atomic mass is 32.2. The number of nitrogens with one attached hydrogen (secondary N) is 1. The average Bonchev–Trinajstić information content (AvgIpc) is 2.75. The minimum Gasteiger partial charge on any atom is -0.497 e. The van der Waals surface area contributed by atoms with Crippen LogP contribution in [0.25, 0.3) is 0 Å². The van der Waals surface area contributed by atoms with Gasteiger partial charge in [0.1, 0.15) is 23.9 Å². The van der Waals surface area contributed by atoms with Crippen LogP contribution in [0.1, 0.15) is 13.3 Å². The molecule has 0 unspecified atom stereocenters. The summed E-state index contributed by atoms with van der Waals surface area (Å²) in [4.78, 5) is 12.5. The summed E-state index contributed by atoms with van der Waals surface area (Å²) in [5, 5.41) is 2.78. The van der Waals surface area contributed by atoms with Gasteiger partial charge in [-0.05, 0) is 55.0 Å². The van der Waals surface area contributed by atoms with Gasteiger partial charge in [-0.3, -0.25) is 4.79 Å². The smallest absolute Gasteiger partial charge is 0.261 e. The molecule has 2 rings (SSSR count). The third kappa shape index (κ3) is 6.36. The molecule has 30 heavy (non-hydrogen) atoms. The van der Waals surface area contributed by atoms with Crippen LogP contribution in [0.3, 0.4) is 0 Å². The maximum atomic E-state index is 12.3. The molecular weight excluding hydrogens is 408 g/mol. The van der Waals surface area contributed by atoms with Crippen LogP contribution in [-0.2, 0) is 14.8 Å². The van der Waals surface area contributed by atoms with Crippen molar-refractivity contribution < 1.29 is 27.4 Å². The Morgan fingerprint density at radius 3 is 2.10 bits per heavy atom. The van der Waals surface area contributed by atoms with Gasteiger partial charge in [0.15, 0.2) is 6.10 Å². The molecule has 164 valence electrons. The molecule has 0 aliphatic carbocycles. The van der Waals surface area contributed by atoms with E-state index < -0.39 is 16.1 Å². The SMILES string of the molecule is CC[C@H](Oc1ccc(OC)cc1)C(=O)NCCOc1ccc(S(=O)(=O)N(C)C)cc1. The summed E-state index contributed by atoms with van der Waals surface area (Å²) < 4.78 is 41.7. The fourth-order valence-electron chi connectivity index (χ4n) is 2.52. The number of nitrogens with zero attached hydrogens (tertiary/aromatic N) is 1. The summed E-state index contributed by atoms with van der Waals surface area (Å²) in [5.74, 6) is 1.58. The van der Waals surface area contributed by atoms with Crippen LogP contribution in [-0.4, -0.2) is 59.1 Å². The molecule has 0 bridgehead atoms. The van der Waals surface area contributed by atoms with E-state index in [1.54, 1.807) is 43.5 Å². The maximum Gasteiger partial charge on any atom is 0.261 e. The summed E-state index contributed by atoms with van der Waals surface area (Å²) in [5.41, 5.74) is 0. The van der Waals surface area contributed by atoms with Crippen molar-refractivity contribution in [1.82, 2.24) is 9.62 Å². The number of ether oxygens (including phenoxy) is 3. The molecule has 0 aliphatic rings. The Morgan fingerprint density at radius 2 is 1.57 bits per heavy atom. The van der Waals surface area contributed by atoms with Gasteiger partial charge in [0.2, 0.25) is 10.0 Å². The van der Waals surface area contributed by atoms with Gasteiger partial charge in [-0.15, -0.1) is 0 Å². The highest BCUT2D eigenvalue weighted by Gasteiger charge is 2.18. The zero-order chi connectivity index (χ0) is 22.1. The quantitative estimate of drug-likeness (QED) is 0.543. The van der Waals surface area contributed by atoms with Crippen LogP contribution in [0, 0.1) is 0 Å². The molecule has 0 saturated heterocycles. The van der Waals surface area contributed by atoms with Gasteiger partial charge in [0.25, 0.3) is 5.91 Å². The molecule has 0 aliphatic heterocycles. The number of hydrogen-bond acceptors (Lipinski definition) is 6. The number of rotatable bonds is 11. The first-order valence-electron chi connectivity index (χ1n) is 9.51. The van der Waals surface area contributed by atoms with E-state index in [0.717, 1.165) is 4.31 Å². The first kappa shape index (κ1) is 23.5. The van der Waals surface area contributed by atoms with E-state index in [0.29, 0.717) is 30.2 Å². The van der Waals surface area contributed by atoms with Gasteiger partial charge >= 0.3 is 0 Å². The van der Waals surface area contributed by atoms with Crippen molar-refractivity contribution in [3.63, 3.8) is 0 Å². The third-order valence-electron chi connectivity index (χ3n) is 4.27. The molecule has 0 aromatic heterocycles. The highest BCUT2D eigenvalue weighted by molar-refractivity contribution is 7.89. The molecule has 0 fully saturated rings. The number of sulfonamides is 1.